The van der Waals surface area contributed by atoms with Crippen molar-refractivity contribution in [1.29, 1.82) is 0 Å². The van der Waals surface area contributed by atoms with Gasteiger partial charge in [0.1, 0.15) is 5.97 Å². The Hall–Kier alpha value is -0.621. The Morgan fingerprint density at radius 2 is 1.64 bits per heavy atom. The van der Waals surface area contributed by atoms with Gasteiger partial charge in [-0.3, -0.25) is 0 Å². The predicted molar refractivity (Wildman–Crippen MR) is 21.8 cm³/mol. The Kier molecular flexibility index (Phi) is 5.08. The van der Waals surface area contributed by atoms with Crippen LogP contribution in [0.25, 0.3) is 0 Å². The minimum Gasteiger partial charge on any atom is -0.550 e. The van der Waals surface area contributed by atoms with Crippen LogP contribution in [0.3, 0.4) is 0 Å². The number of hydrogen-bond acceptors (Lipinski definition) is 6. The van der Waals surface area contributed by atoms with Gasteiger partial charge in [0.15, 0.2) is 0 Å². The minimum atomic E-state index is -3.33. The Morgan fingerprint density at radius 3 is 1.73 bits per heavy atom. The standard InChI is InChI=1S/C4H6O6.Fe/c5-2(6)1-4(9,10)3(7)8;/h9-10H,1H2,(H,5,6)(H,7,8);/q;+2/p-2. The first kappa shape index (κ1) is 13.0. The quantitative estimate of drug-likeness (QED) is 0.353. The van der Waals surface area contributed by atoms with Gasteiger partial charge in [-0.25, -0.2) is 0 Å². The van der Waals surface area contributed by atoms with Crippen LogP contribution in [-0.2, 0) is 26.7 Å². The topological polar surface area (TPSA) is 121 Å². The van der Waals surface area contributed by atoms with Gasteiger partial charge in [-0.05, 0) is 0 Å². The van der Waals surface area contributed by atoms with E-state index in [1.165, 1.54) is 0 Å². The molecule has 7 heteroatoms. The van der Waals surface area contributed by atoms with Crippen molar-refractivity contribution in [3.8, 4) is 0 Å². The maximum absolute atomic E-state index is 9.65. The zero-order valence-corrected chi connectivity index (χ0v) is 6.19. The van der Waals surface area contributed by atoms with E-state index in [0.717, 1.165) is 0 Å². The SMILES string of the molecule is O=C([O-])CC(O)(O)C(=O)[O-].[Fe+2]. The van der Waals surface area contributed by atoms with Crippen LogP contribution in [0.1, 0.15) is 6.42 Å². The molecule has 0 radical (unpaired) electrons. The molecule has 0 heterocycles. The Labute approximate surface area is 71.9 Å². The largest absolute Gasteiger partial charge is 2.00 e. The van der Waals surface area contributed by atoms with Gasteiger partial charge in [0.25, 0.3) is 0 Å². The predicted octanol–water partition coefficient (Wildman–Crippen LogP) is -4.45. The third kappa shape index (κ3) is 4.74. The summed E-state index contributed by atoms with van der Waals surface area (Å²) in [6.07, 6.45) is -1.41. The molecule has 0 aromatic carbocycles. The van der Waals surface area contributed by atoms with Crippen LogP contribution in [0.5, 0.6) is 0 Å². The molecule has 64 valence electrons. The first-order valence-corrected chi connectivity index (χ1v) is 2.22. The number of hydrogen-bond donors (Lipinski definition) is 2. The zero-order chi connectivity index (χ0) is 8.36. The van der Waals surface area contributed by atoms with Crippen LogP contribution in [0, 0.1) is 0 Å². The number of rotatable bonds is 3. The van der Waals surface area contributed by atoms with Crippen LogP contribution < -0.4 is 10.2 Å². The summed E-state index contributed by atoms with van der Waals surface area (Å²) in [5.41, 5.74) is 0. The average Bonchev–Trinajstić information content (AvgIpc) is 1.60. The summed E-state index contributed by atoms with van der Waals surface area (Å²) in [6, 6.07) is 0. The van der Waals surface area contributed by atoms with Crippen molar-refractivity contribution in [2.75, 3.05) is 0 Å². The molecule has 0 spiro atoms. The normalized spacial score (nSPS) is 10.0. The molecule has 0 atom stereocenters. The van der Waals surface area contributed by atoms with Gasteiger partial charge in [-0.15, -0.1) is 0 Å². The van der Waals surface area contributed by atoms with E-state index < -0.39 is 24.1 Å². The molecular weight excluding hydrogens is 200 g/mol. The summed E-state index contributed by atoms with van der Waals surface area (Å²) in [5.74, 6) is -7.48. The van der Waals surface area contributed by atoms with Crippen LogP contribution in [0.15, 0.2) is 0 Å². The van der Waals surface area contributed by atoms with Crippen molar-refractivity contribution < 1.29 is 47.1 Å². The van der Waals surface area contributed by atoms with E-state index in [9.17, 15) is 19.8 Å². The van der Waals surface area contributed by atoms with E-state index >= 15 is 0 Å². The fourth-order valence-electron chi connectivity index (χ4n) is 0.273. The number of carboxylic acid groups (broad SMARTS) is 2. The fourth-order valence-corrected chi connectivity index (χ4v) is 0.273. The van der Waals surface area contributed by atoms with E-state index in [0.29, 0.717) is 0 Å². The second-order valence-corrected chi connectivity index (χ2v) is 1.65. The Balaban J connectivity index is 0. The molecular formula is C4H4FeO6. The smallest absolute Gasteiger partial charge is 0.550 e. The van der Waals surface area contributed by atoms with Crippen molar-refractivity contribution >= 4 is 11.9 Å². The number of aliphatic hydroxyl groups is 2. The monoisotopic (exact) mass is 204 g/mol. The molecule has 6 nitrogen and oxygen atoms in total. The summed E-state index contributed by atoms with van der Waals surface area (Å²) in [7, 11) is 0. The third-order valence-corrected chi connectivity index (χ3v) is 0.718. The molecule has 0 saturated heterocycles. The molecule has 0 fully saturated rings. The van der Waals surface area contributed by atoms with E-state index in [4.69, 9.17) is 10.2 Å². The summed E-state index contributed by atoms with van der Waals surface area (Å²) >= 11 is 0. The van der Waals surface area contributed by atoms with Crippen molar-refractivity contribution in [1.82, 2.24) is 0 Å². The molecule has 0 amide bonds. The maximum Gasteiger partial charge on any atom is 2.00 e. The minimum absolute atomic E-state index is 0. The fraction of sp³-hybridized carbons (Fsp3) is 0.500. The van der Waals surface area contributed by atoms with Crippen molar-refractivity contribution in [2.45, 2.75) is 12.2 Å². The molecule has 0 aliphatic rings. The van der Waals surface area contributed by atoms with Crippen molar-refractivity contribution in [3.63, 3.8) is 0 Å². The molecule has 0 aliphatic carbocycles. The van der Waals surface area contributed by atoms with E-state index in [-0.39, 0.29) is 17.1 Å². The molecule has 11 heavy (non-hydrogen) atoms. The molecule has 0 aliphatic heterocycles. The summed E-state index contributed by atoms with van der Waals surface area (Å²) in [5, 5.41) is 35.7. The third-order valence-electron chi connectivity index (χ3n) is 0.718. The summed E-state index contributed by atoms with van der Waals surface area (Å²) in [6.45, 7) is 0. The number of carbonyl (C=O) groups is 2. The van der Waals surface area contributed by atoms with Gasteiger partial charge in [-0.1, -0.05) is 0 Å². The Morgan fingerprint density at radius 1 is 1.27 bits per heavy atom. The van der Waals surface area contributed by atoms with Gasteiger partial charge < -0.3 is 30.0 Å². The van der Waals surface area contributed by atoms with E-state index in [2.05, 4.69) is 0 Å². The van der Waals surface area contributed by atoms with Crippen LogP contribution in [0.4, 0.5) is 0 Å². The van der Waals surface area contributed by atoms with Crippen LogP contribution in [0.2, 0.25) is 0 Å². The average molecular weight is 204 g/mol. The second-order valence-electron chi connectivity index (χ2n) is 1.65. The summed E-state index contributed by atoms with van der Waals surface area (Å²) < 4.78 is 0. The Bertz CT molecular complexity index is 164. The summed E-state index contributed by atoms with van der Waals surface area (Å²) in [4.78, 5) is 19.3. The maximum atomic E-state index is 9.65. The molecule has 0 rings (SSSR count). The molecule has 0 saturated carbocycles. The molecule has 0 bridgehead atoms. The van der Waals surface area contributed by atoms with Gasteiger partial charge >= 0.3 is 17.1 Å². The number of carboxylic acids is 2. The van der Waals surface area contributed by atoms with Crippen LogP contribution in [-0.4, -0.2) is 27.9 Å². The van der Waals surface area contributed by atoms with E-state index in [1.807, 2.05) is 0 Å². The first-order chi connectivity index (χ1) is 4.36. The van der Waals surface area contributed by atoms with Gasteiger partial charge in [0.2, 0.25) is 5.79 Å². The van der Waals surface area contributed by atoms with Crippen molar-refractivity contribution in [2.24, 2.45) is 0 Å². The molecule has 0 unspecified atom stereocenters. The van der Waals surface area contributed by atoms with Crippen LogP contribution >= 0.6 is 0 Å². The first-order valence-electron chi connectivity index (χ1n) is 2.22. The number of carbonyl (C=O) groups excluding carboxylic acids is 2. The second kappa shape index (κ2) is 4.30. The molecule has 0 aromatic rings. The van der Waals surface area contributed by atoms with E-state index in [1.54, 1.807) is 0 Å². The van der Waals surface area contributed by atoms with Gasteiger partial charge in [0, 0.05) is 12.4 Å². The molecule has 0 aromatic heterocycles. The number of aliphatic carboxylic acids is 2. The van der Waals surface area contributed by atoms with Crippen molar-refractivity contribution in [3.05, 3.63) is 0 Å². The van der Waals surface area contributed by atoms with Gasteiger partial charge in [-0.2, -0.15) is 0 Å². The zero-order valence-electron chi connectivity index (χ0n) is 5.09. The van der Waals surface area contributed by atoms with Gasteiger partial charge in [0.05, 0.1) is 0 Å². The molecule has 2 N–H and O–H groups in total.